The van der Waals surface area contributed by atoms with Crippen LogP contribution in [-0.2, 0) is 4.79 Å². The molecular weight excluding hydrogens is 452 g/mol. The molecule has 9 heteroatoms. The summed E-state index contributed by atoms with van der Waals surface area (Å²) < 4.78 is 42.5. The predicted molar refractivity (Wildman–Crippen MR) is 93.9 cm³/mol. The lowest BCUT2D eigenvalue weighted by Crippen LogP contribution is -2.34. The molecule has 0 radical (unpaired) electrons. The number of carbonyl (C=O) groups excluding carboxylic acids is 2. The topological polar surface area (TPSA) is 71.3 Å². The van der Waals surface area contributed by atoms with E-state index in [1.807, 2.05) is 22.6 Å². The molecule has 0 aliphatic carbocycles. The van der Waals surface area contributed by atoms with Crippen molar-refractivity contribution >= 4 is 46.2 Å². The third kappa shape index (κ3) is 6.25. The van der Waals surface area contributed by atoms with E-state index in [0.717, 1.165) is 0 Å². The fourth-order valence-electron chi connectivity index (χ4n) is 1.82. The summed E-state index contributed by atoms with van der Waals surface area (Å²) in [6.07, 6.45) is -1.89. The normalized spacial score (nSPS) is 11.5. The zero-order valence-corrected chi connectivity index (χ0v) is 14.7. The van der Waals surface area contributed by atoms with Gasteiger partial charge in [0.2, 0.25) is 5.91 Å². The van der Waals surface area contributed by atoms with Gasteiger partial charge in [-0.3, -0.25) is 9.59 Å². The smallest absolute Gasteiger partial charge is 0.405 e. The van der Waals surface area contributed by atoms with E-state index in [1.165, 1.54) is 30.4 Å². The van der Waals surface area contributed by atoms with E-state index < -0.39 is 24.5 Å². The number of rotatable bonds is 5. The van der Waals surface area contributed by atoms with Crippen LogP contribution in [0, 0.1) is 3.77 Å². The van der Waals surface area contributed by atoms with Crippen LogP contribution in [0.15, 0.2) is 46.9 Å². The highest BCUT2D eigenvalue weighted by Gasteiger charge is 2.28. The minimum atomic E-state index is -4.52. The number of hydrogen-bond acceptors (Lipinski definition) is 3. The van der Waals surface area contributed by atoms with Crippen LogP contribution < -0.4 is 10.6 Å². The van der Waals surface area contributed by atoms with Crippen molar-refractivity contribution in [1.29, 1.82) is 0 Å². The number of anilines is 1. The Labute approximate surface area is 154 Å². The van der Waals surface area contributed by atoms with Gasteiger partial charge in [0.05, 0.1) is 11.3 Å². The van der Waals surface area contributed by atoms with Crippen molar-refractivity contribution in [2.75, 3.05) is 11.9 Å². The second kappa shape index (κ2) is 8.19. The van der Waals surface area contributed by atoms with Crippen LogP contribution in [0.3, 0.4) is 0 Å². The van der Waals surface area contributed by atoms with Gasteiger partial charge in [-0.05, 0) is 52.9 Å². The van der Waals surface area contributed by atoms with Crippen LogP contribution in [0.4, 0.5) is 18.9 Å². The van der Waals surface area contributed by atoms with E-state index in [0.29, 0.717) is 9.53 Å². The zero-order chi connectivity index (χ0) is 18.4. The van der Waals surface area contributed by atoms with Gasteiger partial charge >= 0.3 is 6.18 Å². The largest absolute Gasteiger partial charge is 0.451 e. The predicted octanol–water partition coefficient (Wildman–Crippen LogP) is 3.83. The van der Waals surface area contributed by atoms with Gasteiger partial charge in [0.25, 0.3) is 5.91 Å². The van der Waals surface area contributed by atoms with Crippen molar-refractivity contribution in [3.63, 3.8) is 0 Å². The number of para-hydroxylation sites is 1. The van der Waals surface area contributed by atoms with Gasteiger partial charge in [-0.2, -0.15) is 13.2 Å². The molecular formula is C16H12F3IN2O3. The highest BCUT2D eigenvalue weighted by Crippen LogP contribution is 2.17. The lowest BCUT2D eigenvalue weighted by molar-refractivity contribution is -0.123. The van der Waals surface area contributed by atoms with Crippen molar-refractivity contribution in [3.8, 4) is 0 Å². The van der Waals surface area contributed by atoms with Crippen LogP contribution >= 0.6 is 22.6 Å². The number of nitrogens with one attached hydrogen (secondary N) is 2. The van der Waals surface area contributed by atoms with Gasteiger partial charge in [0, 0.05) is 6.08 Å². The highest BCUT2D eigenvalue weighted by molar-refractivity contribution is 14.1. The Balaban J connectivity index is 2.05. The number of carbonyl (C=O) groups is 2. The number of alkyl halides is 3. The fraction of sp³-hybridized carbons (Fsp3) is 0.125. The van der Waals surface area contributed by atoms with Crippen LogP contribution in [0.1, 0.15) is 16.1 Å². The zero-order valence-electron chi connectivity index (χ0n) is 12.6. The Morgan fingerprint density at radius 3 is 2.52 bits per heavy atom. The molecule has 1 heterocycles. The number of hydrogen-bond donors (Lipinski definition) is 2. The first-order chi connectivity index (χ1) is 11.7. The maximum Gasteiger partial charge on any atom is 0.405 e. The second-order valence-electron chi connectivity index (χ2n) is 4.81. The molecule has 0 saturated heterocycles. The van der Waals surface area contributed by atoms with Gasteiger partial charge < -0.3 is 15.1 Å². The molecule has 2 rings (SSSR count). The van der Waals surface area contributed by atoms with Gasteiger partial charge in [-0.25, -0.2) is 0 Å². The van der Waals surface area contributed by atoms with E-state index in [2.05, 4.69) is 5.32 Å². The van der Waals surface area contributed by atoms with Crippen molar-refractivity contribution < 1.29 is 27.2 Å². The molecule has 25 heavy (non-hydrogen) atoms. The van der Waals surface area contributed by atoms with Gasteiger partial charge in [-0.1, -0.05) is 12.1 Å². The Morgan fingerprint density at radius 1 is 1.16 bits per heavy atom. The molecule has 2 amide bonds. The third-order valence-corrected chi connectivity index (χ3v) is 3.45. The Hall–Kier alpha value is -2.30. The Kier molecular flexibility index (Phi) is 6.23. The van der Waals surface area contributed by atoms with Gasteiger partial charge in [0.1, 0.15) is 12.3 Å². The first kappa shape index (κ1) is 19.0. The number of benzene rings is 1. The number of halogens is 4. The minimum Gasteiger partial charge on any atom is -0.451 e. The van der Waals surface area contributed by atoms with Crippen LogP contribution in [0.25, 0.3) is 6.08 Å². The first-order valence-electron chi connectivity index (χ1n) is 6.93. The SMILES string of the molecule is O=C(/C=C/c1ccc(I)o1)Nc1ccccc1C(=O)NCC(F)(F)F. The van der Waals surface area contributed by atoms with E-state index in [1.54, 1.807) is 23.5 Å². The molecule has 0 spiro atoms. The summed E-state index contributed by atoms with van der Waals surface area (Å²) in [6.45, 7) is -1.45. The average Bonchev–Trinajstić information content (AvgIpc) is 2.96. The molecule has 0 saturated carbocycles. The summed E-state index contributed by atoms with van der Waals surface area (Å²) in [7, 11) is 0. The molecule has 0 bridgehead atoms. The van der Waals surface area contributed by atoms with Gasteiger partial charge in [-0.15, -0.1) is 0 Å². The van der Waals surface area contributed by atoms with Crippen molar-refractivity contribution in [3.05, 3.63) is 57.6 Å². The highest BCUT2D eigenvalue weighted by atomic mass is 127. The van der Waals surface area contributed by atoms with E-state index in [9.17, 15) is 22.8 Å². The summed E-state index contributed by atoms with van der Waals surface area (Å²) in [5, 5.41) is 4.22. The van der Waals surface area contributed by atoms with Crippen molar-refractivity contribution in [2.45, 2.75) is 6.18 Å². The first-order valence-corrected chi connectivity index (χ1v) is 8.01. The second-order valence-corrected chi connectivity index (χ2v) is 5.87. The Morgan fingerprint density at radius 2 is 1.88 bits per heavy atom. The van der Waals surface area contributed by atoms with Gasteiger partial charge in [0.15, 0.2) is 3.77 Å². The van der Waals surface area contributed by atoms with Crippen LogP contribution in [0.2, 0.25) is 0 Å². The van der Waals surface area contributed by atoms with E-state index in [4.69, 9.17) is 4.42 Å². The lowest BCUT2D eigenvalue weighted by atomic mass is 10.1. The summed E-state index contributed by atoms with van der Waals surface area (Å²) in [6, 6.07) is 9.17. The minimum absolute atomic E-state index is 0.0685. The molecule has 1 aromatic carbocycles. The molecule has 0 unspecified atom stereocenters. The molecule has 5 nitrogen and oxygen atoms in total. The van der Waals surface area contributed by atoms with E-state index in [-0.39, 0.29) is 11.3 Å². The molecule has 0 fully saturated rings. The lowest BCUT2D eigenvalue weighted by Gasteiger charge is -2.11. The maximum absolute atomic E-state index is 12.2. The van der Waals surface area contributed by atoms with Crippen molar-refractivity contribution in [2.24, 2.45) is 0 Å². The van der Waals surface area contributed by atoms with Crippen LogP contribution in [-0.4, -0.2) is 24.5 Å². The molecule has 0 aliphatic rings. The Bertz CT molecular complexity index is 800. The monoisotopic (exact) mass is 464 g/mol. The maximum atomic E-state index is 12.2. The van der Waals surface area contributed by atoms with E-state index >= 15 is 0 Å². The fourth-order valence-corrected chi connectivity index (χ4v) is 2.25. The molecule has 1 aromatic heterocycles. The average molecular weight is 464 g/mol. The number of amides is 2. The molecule has 2 aromatic rings. The summed E-state index contributed by atoms with van der Waals surface area (Å²) in [5.41, 5.74) is 0.0342. The summed E-state index contributed by atoms with van der Waals surface area (Å²) in [5.74, 6) is -1.02. The molecule has 132 valence electrons. The van der Waals surface area contributed by atoms with Crippen molar-refractivity contribution in [1.82, 2.24) is 5.32 Å². The standard InChI is InChI=1S/C16H12F3IN2O3/c17-16(18,19)9-21-15(24)11-3-1-2-4-12(11)22-14(23)8-6-10-5-7-13(20)25-10/h1-8H,9H2,(H,21,24)(H,22,23)/b8-6+. The molecule has 0 aliphatic heterocycles. The molecule has 0 atom stereocenters. The van der Waals surface area contributed by atoms with Crippen LogP contribution in [0.5, 0.6) is 0 Å². The summed E-state index contributed by atoms with van der Waals surface area (Å²) >= 11 is 1.98. The molecule has 2 N–H and O–H groups in total. The quantitative estimate of drug-likeness (QED) is 0.522. The third-order valence-electron chi connectivity index (χ3n) is 2.87. The number of furan rings is 1. The summed E-state index contributed by atoms with van der Waals surface area (Å²) in [4.78, 5) is 23.8.